The van der Waals surface area contributed by atoms with Gasteiger partial charge in [-0.05, 0) is 37.5 Å². The molecule has 2 rings (SSSR count). The van der Waals surface area contributed by atoms with Crippen molar-refractivity contribution in [1.82, 2.24) is 10.7 Å². The number of halogens is 1. The molecule has 19 heavy (non-hydrogen) atoms. The summed E-state index contributed by atoms with van der Waals surface area (Å²) in [6.07, 6.45) is 4.87. The van der Waals surface area contributed by atoms with Gasteiger partial charge in [-0.15, -0.1) is 0 Å². The molecule has 0 amide bonds. The zero-order valence-corrected chi connectivity index (χ0v) is 12.8. The molecular weight excluding hydrogens is 304 g/mol. The van der Waals surface area contributed by atoms with Gasteiger partial charge < -0.3 is 5.32 Å². The van der Waals surface area contributed by atoms with Crippen molar-refractivity contribution in [2.45, 2.75) is 44.7 Å². The molecule has 0 heterocycles. The van der Waals surface area contributed by atoms with Gasteiger partial charge in [0, 0.05) is 4.47 Å². The first-order valence-corrected chi connectivity index (χ1v) is 7.55. The second kappa shape index (κ2) is 6.91. The molecule has 1 aromatic rings. The summed E-state index contributed by atoms with van der Waals surface area (Å²) in [4.78, 5) is 4.64. The molecule has 1 fully saturated rings. The van der Waals surface area contributed by atoms with Gasteiger partial charge in [-0.25, -0.2) is 10.8 Å². The SMILES string of the molecule is CC(NC(=NC1CCCC1)NN)c1cccc(Br)c1. The lowest BCUT2D eigenvalue weighted by Gasteiger charge is -2.18. The zero-order valence-electron chi connectivity index (χ0n) is 11.2. The van der Waals surface area contributed by atoms with E-state index in [0.717, 1.165) is 17.3 Å². The lowest BCUT2D eigenvalue weighted by Crippen LogP contribution is -2.43. The Kier molecular flexibility index (Phi) is 5.22. The Labute approximate surface area is 123 Å². The molecule has 5 heteroatoms. The zero-order chi connectivity index (χ0) is 13.7. The number of aliphatic imine (C=N–C) groups is 1. The van der Waals surface area contributed by atoms with Crippen molar-refractivity contribution in [3.63, 3.8) is 0 Å². The van der Waals surface area contributed by atoms with E-state index in [0.29, 0.717) is 12.0 Å². The normalized spacial score (nSPS) is 18.4. The molecule has 0 bridgehead atoms. The number of nitrogens with one attached hydrogen (secondary N) is 2. The number of hydrogen-bond donors (Lipinski definition) is 3. The van der Waals surface area contributed by atoms with E-state index in [1.165, 1.54) is 18.4 Å². The number of hydrazine groups is 1. The highest BCUT2D eigenvalue weighted by molar-refractivity contribution is 9.10. The molecule has 0 spiro atoms. The van der Waals surface area contributed by atoms with E-state index < -0.39 is 0 Å². The standard InChI is InChI=1S/C14H21BrN4/c1-10(11-5-4-6-12(15)9-11)17-14(19-16)18-13-7-2-3-8-13/h4-6,9-10,13H,2-3,7-8,16H2,1H3,(H2,17,18,19). The summed E-state index contributed by atoms with van der Waals surface area (Å²) in [7, 11) is 0. The maximum absolute atomic E-state index is 5.55. The van der Waals surface area contributed by atoms with E-state index in [1.807, 2.05) is 12.1 Å². The smallest absolute Gasteiger partial charge is 0.206 e. The Hall–Kier alpha value is -1.07. The van der Waals surface area contributed by atoms with Crippen molar-refractivity contribution in [3.8, 4) is 0 Å². The predicted octanol–water partition coefficient (Wildman–Crippen LogP) is 2.86. The first-order chi connectivity index (χ1) is 9.19. The van der Waals surface area contributed by atoms with Crippen molar-refractivity contribution in [2.75, 3.05) is 0 Å². The summed E-state index contributed by atoms with van der Waals surface area (Å²) in [5.74, 6) is 6.23. The Morgan fingerprint density at radius 3 is 2.79 bits per heavy atom. The van der Waals surface area contributed by atoms with Crippen LogP contribution < -0.4 is 16.6 Å². The molecule has 1 unspecified atom stereocenters. The molecule has 104 valence electrons. The molecule has 4 N–H and O–H groups in total. The average molecular weight is 325 g/mol. The minimum absolute atomic E-state index is 0.161. The van der Waals surface area contributed by atoms with Crippen LogP contribution in [0.15, 0.2) is 33.7 Å². The third-order valence-corrected chi connectivity index (χ3v) is 3.97. The number of nitrogens with two attached hydrogens (primary N) is 1. The molecule has 1 aliphatic rings. The first-order valence-electron chi connectivity index (χ1n) is 6.75. The van der Waals surface area contributed by atoms with Crippen LogP contribution >= 0.6 is 15.9 Å². The summed E-state index contributed by atoms with van der Waals surface area (Å²) in [5, 5.41) is 3.33. The summed E-state index contributed by atoms with van der Waals surface area (Å²) in [6, 6.07) is 8.81. The molecule has 0 radical (unpaired) electrons. The number of guanidine groups is 1. The Morgan fingerprint density at radius 2 is 2.16 bits per heavy atom. The van der Waals surface area contributed by atoms with Crippen LogP contribution in [-0.2, 0) is 0 Å². The Bertz CT molecular complexity index is 441. The largest absolute Gasteiger partial charge is 0.349 e. The maximum Gasteiger partial charge on any atom is 0.206 e. The van der Waals surface area contributed by atoms with E-state index in [4.69, 9.17) is 5.84 Å². The maximum atomic E-state index is 5.55. The lowest BCUT2D eigenvalue weighted by atomic mass is 10.1. The summed E-state index contributed by atoms with van der Waals surface area (Å²) < 4.78 is 1.08. The highest BCUT2D eigenvalue weighted by atomic mass is 79.9. The highest BCUT2D eigenvalue weighted by Gasteiger charge is 2.15. The lowest BCUT2D eigenvalue weighted by molar-refractivity contribution is 0.652. The van der Waals surface area contributed by atoms with Gasteiger partial charge in [0.25, 0.3) is 0 Å². The fourth-order valence-corrected chi connectivity index (χ4v) is 2.81. The average Bonchev–Trinajstić information content (AvgIpc) is 2.90. The van der Waals surface area contributed by atoms with Crippen LogP contribution in [0.5, 0.6) is 0 Å². The molecule has 0 aliphatic heterocycles. The fourth-order valence-electron chi connectivity index (χ4n) is 2.40. The fraction of sp³-hybridized carbons (Fsp3) is 0.500. The van der Waals surface area contributed by atoms with E-state index in [1.54, 1.807) is 0 Å². The second-order valence-corrected chi connectivity index (χ2v) is 5.90. The summed E-state index contributed by atoms with van der Waals surface area (Å²) >= 11 is 3.49. The van der Waals surface area contributed by atoms with E-state index in [9.17, 15) is 0 Å². The number of nitrogens with zero attached hydrogens (tertiary/aromatic N) is 1. The van der Waals surface area contributed by atoms with Crippen LogP contribution in [-0.4, -0.2) is 12.0 Å². The quantitative estimate of drug-likeness (QED) is 0.347. The van der Waals surface area contributed by atoms with Crippen LogP contribution in [0.1, 0.15) is 44.2 Å². The molecule has 1 aromatic carbocycles. The molecule has 1 saturated carbocycles. The predicted molar refractivity (Wildman–Crippen MR) is 82.7 cm³/mol. The molecular formula is C14H21BrN4. The van der Waals surface area contributed by atoms with Gasteiger partial charge in [0.1, 0.15) is 0 Å². The van der Waals surface area contributed by atoms with Gasteiger partial charge in [-0.3, -0.25) is 5.43 Å². The molecule has 0 saturated heterocycles. The number of rotatable bonds is 3. The minimum Gasteiger partial charge on any atom is -0.349 e. The van der Waals surface area contributed by atoms with Crippen molar-refractivity contribution >= 4 is 21.9 Å². The summed E-state index contributed by atoms with van der Waals surface area (Å²) in [5.41, 5.74) is 3.87. The van der Waals surface area contributed by atoms with Crippen LogP contribution in [0.25, 0.3) is 0 Å². The number of benzene rings is 1. The van der Waals surface area contributed by atoms with E-state index in [2.05, 4.69) is 50.7 Å². The van der Waals surface area contributed by atoms with E-state index in [-0.39, 0.29) is 6.04 Å². The van der Waals surface area contributed by atoms with Gasteiger partial charge >= 0.3 is 0 Å². The molecule has 1 atom stereocenters. The summed E-state index contributed by atoms with van der Waals surface area (Å²) in [6.45, 7) is 2.10. The van der Waals surface area contributed by atoms with Crippen LogP contribution in [0.3, 0.4) is 0 Å². The van der Waals surface area contributed by atoms with Crippen molar-refractivity contribution in [2.24, 2.45) is 10.8 Å². The van der Waals surface area contributed by atoms with Gasteiger partial charge in [0.2, 0.25) is 5.96 Å². The third-order valence-electron chi connectivity index (χ3n) is 3.47. The van der Waals surface area contributed by atoms with Crippen LogP contribution in [0, 0.1) is 0 Å². The molecule has 1 aliphatic carbocycles. The van der Waals surface area contributed by atoms with Gasteiger partial charge in [-0.2, -0.15) is 0 Å². The van der Waals surface area contributed by atoms with Crippen molar-refractivity contribution < 1.29 is 0 Å². The van der Waals surface area contributed by atoms with Crippen LogP contribution in [0.4, 0.5) is 0 Å². The third kappa shape index (κ3) is 4.21. The van der Waals surface area contributed by atoms with Crippen molar-refractivity contribution in [1.29, 1.82) is 0 Å². The molecule has 0 aromatic heterocycles. The van der Waals surface area contributed by atoms with Crippen LogP contribution in [0.2, 0.25) is 0 Å². The Morgan fingerprint density at radius 1 is 1.42 bits per heavy atom. The highest BCUT2D eigenvalue weighted by Crippen LogP contribution is 2.21. The van der Waals surface area contributed by atoms with Gasteiger partial charge in [0.05, 0.1) is 12.1 Å². The van der Waals surface area contributed by atoms with Gasteiger partial charge in [-0.1, -0.05) is 40.9 Å². The number of hydrogen-bond acceptors (Lipinski definition) is 2. The van der Waals surface area contributed by atoms with Gasteiger partial charge in [0.15, 0.2) is 0 Å². The second-order valence-electron chi connectivity index (χ2n) is 4.98. The topological polar surface area (TPSA) is 62.4 Å². The molecule has 4 nitrogen and oxygen atoms in total. The van der Waals surface area contributed by atoms with Crippen molar-refractivity contribution in [3.05, 3.63) is 34.3 Å². The van der Waals surface area contributed by atoms with E-state index >= 15 is 0 Å². The Balaban J connectivity index is 2.01. The minimum atomic E-state index is 0.161. The first kappa shape index (κ1) is 14.3. The monoisotopic (exact) mass is 324 g/mol.